The van der Waals surface area contributed by atoms with Gasteiger partial charge in [0.15, 0.2) is 0 Å². The number of halogens is 1. The minimum atomic E-state index is -0.444. The van der Waals surface area contributed by atoms with E-state index in [1.807, 2.05) is 20.8 Å². The second-order valence-electron chi connectivity index (χ2n) is 4.51. The van der Waals surface area contributed by atoms with Gasteiger partial charge in [0, 0.05) is 19.1 Å². The van der Waals surface area contributed by atoms with Crippen molar-refractivity contribution in [1.29, 1.82) is 0 Å². The molecular formula is C14H21FN2O2. The van der Waals surface area contributed by atoms with Crippen LogP contribution in [0.2, 0.25) is 0 Å². The maximum Gasteiger partial charge on any atom is 0.256 e. The Balaban J connectivity index is 3.13. The molecule has 19 heavy (non-hydrogen) atoms. The molecule has 0 fully saturated rings. The molecule has 0 radical (unpaired) electrons. The van der Waals surface area contributed by atoms with E-state index in [4.69, 9.17) is 5.11 Å². The first-order valence-corrected chi connectivity index (χ1v) is 6.47. The molecule has 106 valence electrons. The number of rotatable bonds is 6. The highest BCUT2D eigenvalue weighted by molar-refractivity contribution is 5.99. The lowest BCUT2D eigenvalue weighted by Crippen LogP contribution is -2.39. The van der Waals surface area contributed by atoms with Gasteiger partial charge in [0.05, 0.1) is 17.9 Å². The number of carbonyl (C=O) groups excluding carboxylic acids is 1. The highest BCUT2D eigenvalue weighted by Gasteiger charge is 2.22. The van der Waals surface area contributed by atoms with Crippen molar-refractivity contribution >= 4 is 11.6 Å². The summed E-state index contributed by atoms with van der Waals surface area (Å²) in [4.78, 5) is 14.0. The average molecular weight is 268 g/mol. The topological polar surface area (TPSA) is 52.6 Å². The Hall–Kier alpha value is -1.62. The van der Waals surface area contributed by atoms with E-state index in [0.717, 1.165) is 0 Å². The van der Waals surface area contributed by atoms with Crippen molar-refractivity contribution in [2.45, 2.75) is 26.8 Å². The van der Waals surface area contributed by atoms with Gasteiger partial charge in [0.25, 0.3) is 5.91 Å². The average Bonchev–Trinajstić information content (AvgIpc) is 2.37. The Bertz CT molecular complexity index is 435. The maximum atomic E-state index is 13.8. The number of aliphatic hydroxyl groups is 1. The van der Waals surface area contributed by atoms with Gasteiger partial charge in [-0.15, -0.1) is 0 Å². The van der Waals surface area contributed by atoms with E-state index in [0.29, 0.717) is 12.1 Å². The van der Waals surface area contributed by atoms with Crippen LogP contribution in [0.5, 0.6) is 0 Å². The number of anilines is 1. The van der Waals surface area contributed by atoms with Crippen LogP contribution < -0.4 is 5.32 Å². The molecule has 0 saturated heterocycles. The van der Waals surface area contributed by atoms with Gasteiger partial charge in [-0.2, -0.15) is 0 Å². The van der Waals surface area contributed by atoms with E-state index in [1.54, 1.807) is 6.07 Å². The minimum absolute atomic E-state index is 0.0580. The maximum absolute atomic E-state index is 13.8. The zero-order valence-corrected chi connectivity index (χ0v) is 11.6. The number of hydrogen-bond donors (Lipinski definition) is 2. The number of nitrogens with zero attached hydrogens (tertiary/aromatic N) is 1. The normalized spacial score (nSPS) is 10.6. The molecule has 4 nitrogen and oxygen atoms in total. The van der Waals surface area contributed by atoms with Crippen molar-refractivity contribution in [3.05, 3.63) is 29.6 Å². The number of aliphatic hydroxyl groups excluding tert-OH is 1. The molecule has 2 N–H and O–H groups in total. The van der Waals surface area contributed by atoms with Crippen LogP contribution in [0.15, 0.2) is 18.2 Å². The second-order valence-corrected chi connectivity index (χ2v) is 4.51. The van der Waals surface area contributed by atoms with Crippen molar-refractivity contribution in [3.8, 4) is 0 Å². The lowest BCUT2D eigenvalue weighted by molar-refractivity contribution is 0.0666. The second kappa shape index (κ2) is 7.09. The van der Waals surface area contributed by atoms with Gasteiger partial charge in [-0.25, -0.2) is 4.39 Å². The molecule has 0 unspecified atom stereocenters. The first kappa shape index (κ1) is 15.4. The van der Waals surface area contributed by atoms with Gasteiger partial charge in [-0.05, 0) is 32.9 Å². The van der Waals surface area contributed by atoms with Gasteiger partial charge in [-0.1, -0.05) is 6.07 Å². The SMILES string of the molecule is CCNc1c(F)cccc1C(=O)N(CCO)C(C)C. The summed E-state index contributed by atoms with van der Waals surface area (Å²) >= 11 is 0. The van der Waals surface area contributed by atoms with E-state index >= 15 is 0 Å². The van der Waals surface area contributed by atoms with Crippen molar-refractivity contribution in [3.63, 3.8) is 0 Å². The molecule has 5 heteroatoms. The minimum Gasteiger partial charge on any atom is -0.395 e. The van der Waals surface area contributed by atoms with Gasteiger partial charge in [0.1, 0.15) is 5.82 Å². The van der Waals surface area contributed by atoms with Crippen molar-refractivity contribution in [2.75, 3.05) is 25.0 Å². The van der Waals surface area contributed by atoms with Gasteiger partial charge < -0.3 is 15.3 Å². The Kier molecular flexibility index (Phi) is 5.76. The highest BCUT2D eigenvalue weighted by Crippen LogP contribution is 2.22. The summed E-state index contributed by atoms with van der Waals surface area (Å²) in [6.45, 7) is 6.21. The smallest absolute Gasteiger partial charge is 0.256 e. The molecule has 1 aromatic carbocycles. The number of amides is 1. The standard InChI is InChI=1S/C14H21FN2O2/c1-4-16-13-11(6-5-7-12(13)15)14(19)17(8-9-18)10(2)3/h5-7,10,16,18H,4,8-9H2,1-3H3. The molecule has 0 saturated carbocycles. The quantitative estimate of drug-likeness (QED) is 0.830. The fourth-order valence-electron chi connectivity index (χ4n) is 1.92. The molecule has 0 atom stereocenters. The zero-order chi connectivity index (χ0) is 14.4. The molecule has 0 aliphatic rings. The first-order chi connectivity index (χ1) is 9.02. The van der Waals surface area contributed by atoms with Gasteiger partial charge >= 0.3 is 0 Å². The molecule has 1 amide bonds. The molecule has 0 aliphatic carbocycles. The molecule has 1 rings (SSSR count). The van der Waals surface area contributed by atoms with E-state index in [2.05, 4.69) is 5.32 Å². The highest BCUT2D eigenvalue weighted by atomic mass is 19.1. The van der Waals surface area contributed by atoms with Crippen LogP contribution in [-0.2, 0) is 0 Å². The van der Waals surface area contributed by atoms with Crippen molar-refractivity contribution in [1.82, 2.24) is 4.90 Å². The third kappa shape index (κ3) is 3.67. The van der Waals surface area contributed by atoms with Crippen molar-refractivity contribution < 1.29 is 14.3 Å². The summed E-state index contributed by atoms with van der Waals surface area (Å²) in [6, 6.07) is 4.37. The lowest BCUT2D eigenvalue weighted by Gasteiger charge is -2.27. The molecule has 0 heterocycles. The van der Waals surface area contributed by atoms with Crippen LogP contribution >= 0.6 is 0 Å². The predicted octanol–water partition coefficient (Wildman–Crippen LogP) is 2.10. The fraction of sp³-hybridized carbons (Fsp3) is 0.500. The van der Waals surface area contributed by atoms with Crippen LogP contribution in [-0.4, -0.2) is 41.7 Å². The Morgan fingerprint density at radius 2 is 2.16 bits per heavy atom. The van der Waals surface area contributed by atoms with Crippen LogP contribution in [0, 0.1) is 5.82 Å². The summed E-state index contributed by atoms with van der Waals surface area (Å²) in [5.41, 5.74) is 0.516. The van der Waals surface area contributed by atoms with E-state index in [9.17, 15) is 9.18 Å². The Labute approximate surface area is 113 Å². The molecule has 1 aromatic rings. The Morgan fingerprint density at radius 3 is 2.68 bits per heavy atom. The van der Waals surface area contributed by atoms with Crippen LogP contribution in [0.25, 0.3) is 0 Å². The summed E-state index contributed by atoms with van der Waals surface area (Å²) in [6.07, 6.45) is 0. The summed E-state index contributed by atoms with van der Waals surface area (Å²) < 4.78 is 13.8. The largest absolute Gasteiger partial charge is 0.395 e. The summed E-state index contributed by atoms with van der Waals surface area (Å²) in [5.74, 6) is -0.722. The van der Waals surface area contributed by atoms with Crippen LogP contribution in [0.1, 0.15) is 31.1 Å². The number of hydrogen-bond acceptors (Lipinski definition) is 3. The molecule has 0 bridgehead atoms. The lowest BCUT2D eigenvalue weighted by atomic mass is 10.1. The fourth-order valence-corrected chi connectivity index (χ4v) is 1.92. The van der Waals surface area contributed by atoms with E-state index in [1.165, 1.54) is 17.0 Å². The van der Waals surface area contributed by atoms with Gasteiger partial charge in [0.2, 0.25) is 0 Å². The van der Waals surface area contributed by atoms with Crippen LogP contribution in [0.4, 0.5) is 10.1 Å². The monoisotopic (exact) mass is 268 g/mol. The van der Waals surface area contributed by atoms with E-state index < -0.39 is 5.82 Å². The van der Waals surface area contributed by atoms with E-state index in [-0.39, 0.29) is 30.8 Å². The number of carbonyl (C=O) groups is 1. The number of benzene rings is 1. The van der Waals surface area contributed by atoms with Crippen LogP contribution in [0.3, 0.4) is 0 Å². The first-order valence-electron chi connectivity index (χ1n) is 6.47. The summed E-state index contributed by atoms with van der Waals surface area (Å²) in [5, 5.41) is 11.9. The molecule has 0 aromatic heterocycles. The van der Waals surface area contributed by atoms with Gasteiger partial charge in [-0.3, -0.25) is 4.79 Å². The third-order valence-electron chi connectivity index (χ3n) is 2.82. The Morgan fingerprint density at radius 1 is 1.47 bits per heavy atom. The van der Waals surface area contributed by atoms with Crippen molar-refractivity contribution in [2.24, 2.45) is 0 Å². The number of nitrogens with one attached hydrogen (secondary N) is 1. The summed E-state index contributed by atoms with van der Waals surface area (Å²) in [7, 11) is 0. The number of para-hydroxylation sites is 1. The zero-order valence-electron chi connectivity index (χ0n) is 11.6. The molecule has 0 aliphatic heterocycles. The third-order valence-corrected chi connectivity index (χ3v) is 2.82. The molecular weight excluding hydrogens is 247 g/mol. The molecule has 0 spiro atoms. The predicted molar refractivity (Wildman–Crippen MR) is 73.8 cm³/mol.